The van der Waals surface area contributed by atoms with E-state index in [9.17, 15) is 4.79 Å². The second-order valence-electron chi connectivity index (χ2n) is 2.69. The summed E-state index contributed by atoms with van der Waals surface area (Å²) in [5.74, 6) is -1.11. The van der Waals surface area contributed by atoms with Crippen molar-refractivity contribution in [2.45, 2.75) is 19.4 Å². The van der Waals surface area contributed by atoms with Gasteiger partial charge in [-0.05, 0) is 6.92 Å². The molecule has 0 bridgehead atoms. The summed E-state index contributed by atoms with van der Waals surface area (Å²) in [6.07, 6.45) is 1.98. The van der Waals surface area contributed by atoms with Crippen LogP contribution in [0.15, 0.2) is 9.98 Å². The number of carbonyl (C=O) groups is 1. The lowest BCUT2D eigenvalue weighted by molar-refractivity contribution is -0.188. The van der Waals surface area contributed by atoms with Crippen molar-refractivity contribution in [1.82, 2.24) is 0 Å². The number of carboxylic acid groups (broad SMARTS) is 1. The fourth-order valence-electron chi connectivity index (χ4n) is 0.915. The van der Waals surface area contributed by atoms with E-state index < -0.39 is 12.0 Å². The van der Waals surface area contributed by atoms with Gasteiger partial charge in [-0.1, -0.05) is 0 Å². The normalized spacial score (nSPS) is 13.8. The second-order valence-corrected chi connectivity index (χ2v) is 2.69. The Hall–Kier alpha value is -1.76. The lowest BCUT2D eigenvalue weighted by Gasteiger charge is -2.06. The molecule has 0 aromatic carbocycles. The molecular weight excluding hydrogens is 214 g/mol. The maximum absolute atomic E-state index is 10.8. The highest BCUT2D eigenvalue weighted by molar-refractivity contribution is 6.30. The zero-order valence-corrected chi connectivity index (χ0v) is 9.21. The molecule has 0 aliphatic carbocycles. The number of rotatable bonds is 8. The van der Waals surface area contributed by atoms with Gasteiger partial charge in [0, 0.05) is 19.2 Å². The maximum Gasteiger partial charge on any atom is 0.328 e. The molecule has 0 aliphatic heterocycles. The highest BCUT2D eigenvalue weighted by Crippen LogP contribution is 2.00. The number of nitrogens with one attached hydrogen (secondary N) is 1. The van der Waals surface area contributed by atoms with E-state index in [4.69, 9.17) is 10.5 Å². The third-order valence-corrected chi connectivity index (χ3v) is 1.60. The van der Waals surface area contributed by atoms with Crippen LogP contribution in [0.5, 0.6) is 0 Å². The molecule has 1 atom stereocenters. The highest BCUT2D eigenvalue weighted by atomic mass is 17.2. The molecule has 0 heterocycles. The van der Waals surface area contributed by atoms with Crippen molar-refractivity contribution in [2.75, 3.05) is 13.7 Å². The van der Waals surface area contributed by atoms with E-state index in [2.05, 4.69) is 19.8 Å². The standard InChI is InChI=1S/C9H15N3O4/c1-3-11-7(5-10)4-8(9(13)14)12-6-16-15-2/h5-6,8,10H,3-4H2,1-2H3,(H,13,14)/t8-/m0/s1. The third-order valence-electron chi connectivity index (χ3n) is 1.60. The molecule has 7 nitrogen and oxygen atoms in total. The zero-order valence-electron chi connectivity index (χ0n) is 9.21. The van der Waals surface area contributed by atoms with Gasteiger partial charge in [0.1, 0.15) is 0 Å². The lowest BCUT2D eigenvalue weighted by atomic mass is 10.1. The Bertz CT molecular complexity index is 288. The first kappa shape index (κ1) is 14.2. The van der Waals surface area contributed by atoms with Crippen LogP contribution in [0.4, 0.5) is 0 Å². The quantitative estimate of drug-likeness (QED) is 0.274. The Morgan fingerprint density at radius 3 is 2.75 bits per heavy atom. The van der Waals surface area contributed by atoms with Gasteiger partial charge in [-0.2, -0.15) is 4.89 Å². The van der Waals surface area contributed by atoms with Gasteiger partial charge in [-0.3, -0.25) is 4.99 Å². The van der Waals surface area contributed by atoms with Crippen molar-refractivity contribution in [2.24, 2.45) is 9.98 Å². The van der Waals surface area contributed by atoms with Crippen molar-refractivity contribution in [3.63, 3.8) is 0 Å². The molecule has 0 unspecified atom stereocenters. The predicted octanol–water partition coefficient (Wildman–Crippen LogP) is 0.546. The first-order chi connectivity index (χ1) is 7.65. The van der Waals surface area contributed by atoms with E-state index in [0.29, 0.717) is 12.3 Å². The molecule has 0 saturated heterocycles. The molecule has 0 radical (unpaired) electrons. The van der Waals surface area contributed by atoms with Crippen LogP contribution in [0.1, 0.15) is 13.3 Å². The van der Waals surface area contributed by atoms with Gasteiger partial charge in [0.25, 0.3) is 0 Å². The summed E-state index contributed by atoms with van der Waals surface area (Å²) < 4.78 is 0. The first-order valence-corrected chi connectivity index (χ1v) is 4.63. The van der Waals surface area contributed by atoms with Gasteiger partial charge in [-0.25, -0.2) is 9.79 Å². The van der Waals surface area contributed by atoms with Crippen LogP contribution in [0, 0.1) is 5.41 Å². The zero-order chi connectivity index (χ0) is 12.4. The summed E-state index contributed by atoms with van der Waals surface area (Å²) in [5, 5.41) is 15.9. The molecule has 0 spiro atoms. The van der Waals surface area contributed by atoms with E-state index in [1.54, 1.807) is 6.92 Å². The van der Waals surface area contributed by atoms with Crippen molar-refractivity contribution in [3.05, 3.63) is 0 Å². The van der Waals surface area contributed by atoms with Gasteiger partial charge in [-0.15, -0.1) is 0 Å². The molecule has 0 aliphatic rings. The molecule has 0 aromatic rings. The molecule has 7 heteroatoms. The largest absolute Gasteiger partial charge is 0.480 e. The summed E-state index contributed by atoms with van der Waals surface area (Å²) >= 11 is 0. The first-order valence-electron chi connectivity index (χ1n) is 4.63. The van der Waals surface area contributed by atoms with E-state index in [-0.39, 0.29) is 6.42 Å². The number of nitrogens with zero attached hydrogens (tertiary/aromatic N) is 2. The van der Waals surface area contributed by atoms with Crippen LogP contribution >= 0.6 is 0 Å². The van der Waals surface area contributed by atoms with Gasteiger partial charge < -0.3 is 15.4 Å². The lowest BCUT2D eigenvalue weighted by Crippen LogP contribution is -2.23. The topological polar surface area (TPSA) is 104 Å². The Balaban J connectivity index is 4.49. The number of hydrogen-bond donors (Lipinski definition) is 2. The minimum Gasteiger partial charge on any atom is -0.480 e. The second kappa shape index (κ2) is 8.54. The van der Waals surface area contributed by atoms with Crippen LogP contribution in [0.2, 0.25) is 0 Å². The van der Waals surface area contributed by atoms with E-state index >= 15 is 0 Å². The third kappa shape index (κ3) is 5.86. The smallest absolute Gasteiger partial charge is 0.328 e. The van der Waals surface area contributed by atoms with E-state index in [1.807, 2.05) is 0 Å². The maximum atomic E-state index is 10.8. The molecule has 0 saturated carbocycles. The minimum atomic E-state index is -1.11. The van der Waals surface area contributed by atoms with Gasteiger partial charge in [0.05, 0.1) is 12.8 Å². The summed E-state index contributed by atoms with van der Waals surface area (Å²) in [7, 11) is 1.28. The van der Waals surface area contributed by atoms with Crippen LogP contribution in [0.25, 0.3) is 0 Å². The molecule has 0 aromatic heterocycles. The van der Waals surface area contributed by atoms with Crippen LogP contribution < -0.4 is 0 Å². The summed E-state index contributed by atoms with van der Waals surface area (Å²) in [6.45, 7) is 2.30. The van der Waals surface area contributed by atoms with E-state index in [1.165, 1.54) is 7.11 Å². The van der Waals surface area contributed by atoms with Crippen LogP contribution in [-0.2, 0) is 14.6 Å². The summed E-state index contributed by atoms with van der Waals surface area (Å²) in [5.41, 5.74) is 0.379. The van der Waals surface area contributed by atoms with Gasteiger partial charge in [0.2, 0.25) is 6.40 Å². The summed E-state index contributed by atoms with van der Waals surface area (Å²) in [4.78, 5) is 27.0. The fourth-order valence-corrected chi connectivity index (χ4v) is 0.915. The van der Waals surface area contributed by atoms with Gasteiger partial charge >= 0.3 is 5.97 Å². The molecule has 0 fully saturated rings. The molecule has 0 amide bonds. The van der Waals surface area contributed by atoms with E-state index in [0.717, 1.165) is 12.6 Å². The van der Waals surface area contributed by atoms with Crippen LogP contribution in [-0.4, -0.2) is 49.1 Å². The SMILES string of the molecule is CCN=C(C=N)C[C@H](N=COOC)C(=O)O. The minimum absolute atomic E-state index is 0.0518. The Morgan fingerprint density at radius 2 is 2.31 bits per heavy atom. The van der Waals surface area contributed by atoms with Crippen LogP contribution in [0.3, 0.4) is 0 Å². The number of hydrogen-bond acceptors (Lipinski definition) is 6. The molecular formula is C9H15N3O4. The Labute approximate surface area is 93.2 Å². The average molecular weight is 229 g/mol. The predicted molar refractivity (Wildman–Crippen MR) is 59.4 cm³/mol. The Kier molecular flexibility index (Phi) is 7.60. The van der Waals surface area contributed by atoms with Gasteiger partial charge in [0.15, 0.2) is 6.04 Å². The van der Waals surface area contributed by atoms with Crippen molar-refractivity contribution < 1.29 is 19.7 Å². The highest BCUT2D eigenvalue weighted by Gasteiger charge is 2.17. The van der Waals surface area contributed by atoms with Crippen molar-refractivity contribution >= 4 is 24.3 Å². The van der Waals surface area contributed by atoms with Crippen molar-refractivity contribution in [1.29, 1.82) is 5.41 Å². The summed E-state index contributed by atoms with van der Waals surface area (Å²) in [6, 6.07) is -1.03. The molecule has 90 valence electrons. The molecule has 0 rings (SSSR count). The number of aliphatic carboxylic acids is 1. The Morgan fingerprint density at radius 1 is 1.62 bits per heavy atom. The molecule has 16 heavy (non-hydrogen) atoms. The number of aliphatic imine (C=N–C) groups is 2. The fraction of sp³-hybridized carbons (Fsp3) is 0.556. The molecule has 2 N–H and O–H groups in total. The monoisotopic (exact) mass is 229 g/mol. The average Bonchev–Trinajstić information content (AvgIpc) is 2.26. The van der Waals surface area contributed by atoms with Crippen molar-refractivity contribution in [3.8, 4) is 0 Å². The number of carboxylic acids is 1.